The zero-order valence-electron chi connectivity index (χ0n) is 11.2. The molecule has 1 fully saturated rings. The highest BCUT2D eigenvalue weighted by molar-refractivity contribution is 5.43. The van der Waals surface area contributed by atoms with E-state index in [1.54, 1.807) is 14.2 Å². The van der Waals surface area contributed by atoms with Crippen LogP contribution in [0.4, 0.5) is 0 Å². The van der Waals surface area contributed by atoms with Crippen molar-refractivity contribution >= 4 is 0 Å². The van der Waals surface area contributed by atoms with E-state index in [2.05, 4.69) is 5.92 Å². The van der Waals surface area contributed by atoms with E-state index in [0.29, 0.717) is 11.5 Å². The van der Waals surface area contributed by atoms with Crippen LogP contribution in [0.15, 0.2) is 18.2 Å². The van der Waals surface area contributed by atoms with Crippen molar-refractivity contribution in [1.29, 1.82) is 0 Å². The first-order valence-electron chi connectivity index (χ1n) is 6.17. The summed E-state index contributed by atoms with van der Waals surface area (Å²) in [6.45, 7) is 1.08. The van der Waals surface area contributed by atoms with Crippen LogP contribution in [0.2, 0.25) is 0 Å². The summed E-state index contributed by atoms with van der Waals surface area (Å²) in [6, 6.07) is 5.75. The van der Waals surface area contributed by atoms with Crippen molar-refractivity contribution in [3.8, 4) is 23.8 Å². The van der Waals surface area contributed by atoms with Crippen molar-refractivity contribution < 1.29 is 18.9 Å². The van der Waals surface area contributed by atoms with Gasteiger partial charge in [0.1, 0.15) is 6.61 Å². The maximum absolute atomic E-state index is 5.69. The molecular formula is C15H18O4. The van der Waals surface area contributed by atoms with Gasteiger partial charge in [-0.2, -0.15) is 0 Å². The molecule has 1 aliphatic heterocycles. The van der Waals surface area contributed by atoms with Crippen molar-refractivity contribution in [2.24, 2.45) is 0 Å². The Morgan fingerprint density at radius 2 is 2.11 bits per heavy atom. The molecule has 1 saturated heterocycles. The fourth-order valence-electron chi connectivity index (χ4n) is 1.95. The number of terminal acetylenes is 1. The van der Waals surface area contributed by atoms with E-state index in [1.807, 2.05) is 18.2 Å². The number of hydrogen-bond acceptors (Lipinski definition) is 4. The lowest BCUT2D eigenvalue weighted by Gasteiger charge is -2.18. The Morgan fingerprint density at radius 1 is 1.37 bits per heavy atom. The van der Waals surface area contributed by atoms with Gasteiger partial charge < -0.3 is 18.9 Å². The molecule has 0 spiro atoms. The molecule has 0 bridgehead atoms. The zero-order valence-corrected chi connectivity index (χ0v) is 11.2. The second kappa shape index (κ2) is 6.46. The largest absolute Gasteiger partial charge is 0.493 e. The Kier molecular flexibility index (Phi) is 4.67. The number of rotatable bonds is 7. The Balaban J connectivity index is 2.16. The lowest BCUT2D eigenvalue weighted by molar-refractivity contribution is 0.0645. The smallest absolute Gasteiger partial charge is 0.161 e. The van der Waals surface area contributed by atoms with Gasteiger partial charge in [0, 0.05) is 6.42 Å². The summed E-state index contributed by atoms with van der Waals surface area (Å²) < 4.78 is 21.5. The predicted molar refractivity (Wildman–Crippen MR) is 71.4 cm³/mol. The summed E-state index contributed by atoms with van der Waals surface area (Å²) in [6.07, 6.45) is 6.25. The van der Waals surface area contributed by atoms with Gasteiger partial charge in [0.25, 0.3) is 0 Å². The van der Waals surface area contributed by atoms with Crippen LogP contribution in [-0.4, -0.2) is 33.5 Å². The van der Waals surface area contributed by atoms with Gasteiger partial charge in [0.05, 0.1) is 33.0 Å². The van der Waals surface area contributed by atoms with Crippen LogP contribution >= 0.6 is 0 Å². The second-order valence-corrected chi connectivity index (χ2v) is 4.31. The molecule has 0 N–H and O–H groups in total. The Bertz CT molecular complexity index is 460. The molecule has 0 saturated carbocycles. The van der Waals surface area contributed by atoms with Gasteiger partial charge in [-0.15, -0.1) is 6.42 Å². The van der Waals surface area contributed by atoms with Crippen molar-refractivity contribution in [3.05, 3.63) is 23.8 Å². The molecule has 1 aromatic rings. The summed E-state index contributed by atoms with van der Waals surface area (Å²) in [5, 5.41) is 0. The highest BCUT2D eigenvalue weighted by Gasteiger charge is 2.28. The van der Waals surface area contributed by atoms with Crippen LogP contribution in [0.5, 0.6) is 11.5 Å². The van der Waals surface area contributed by atoms with Gasteiger partial charge in [-0.1, -0.05) is 12.0 Å². The molecule has 0 aliphatic carbocycles. The molecule has 102 valence electrons. The average molecular weight is 262 g/mol. The molecule has 2 unspecified atom stereocenters. The molecular weight excluding hydrogens is 244 g/mol. The average Bonchev–Trinajstić information content (AvgIpc) is 3.26. The first kappa shape index (κ1) is 13.7. The normalized spacial score (nSPS) is 18.5. The molecule has 1 heterocycles. The first-order chi connectivity index (χ1) is 9.28. The van der Waals surface area contributed by atoms with Crippen LogP contribution in [0.3, 0.4) is 0 Å². The monoisotopic (exact) mass is 262 g/mol. The number of epoxide rings is 1. The summed E-state index contributed by atoms with van der Waals surface area (Å²) in [5.41, 5.74) is 1.02. The number of ether oxygens (including phenoxy) is 4. The van der Waals surface area contributed by atoms with E-state index in [0.717, 1.165) is 18.6 Å². The predicted octanol–water partition coefficient (Wildman–Crippen LogP) is 2.18. The van der Waals surface area contributed by atoms with E-state index in [-0.39, 0.29) is 18.8 Å². The lowest BCUT2D eigenvalue weighted by Crippen LogP contribution is -2.08. The van der Waals surface area contributed by atoms with Gasteiger partial charge >= 0.3 is 0 Å². The van der Waals surface area contributed by atoms with E-state index < -0.39 is 0 Å². The molecule has 1 aromatic carbocycles. The molecule has 0 amide bonds. The third-order valence-corrected chi connectivity index (χ3v) is 3.03. The molecule has 4 nitrogen and oxygen atoms in total. The molecule has 19 heavy (non-hydrogen) atoms. The van der Waals surface area contributed by atoms with Crippen LogP contribution in [0.1, 0.15) is 18.1 Å². The summed E-state index contributed by atoms with van der Waals surface area (Å²) in [4.78, 5) is 0. The zero-order chi connectivity index (χ0) is 13.7. The minimum absolute atomic E-state index is 0.0802. The fourth-order valence-corrected chi connectivity index (χ4v) is 1.95. The quantitative estimate of drug-likeness (QED) is 0.558. The highest BCUT2D eigenvalue weighted by Crippen LogP contribution is 2.34. The minimum atomic E-state index is -0.0802. The van der Waals surface area contributed by atoms with Crippen molar-refractivity contribution in [2.75, 3.05) is 27.4 Å². The maximum Gasteiger partial charge on any atom is 0.161 e. The Labute approximate surface area is 113 Å². The van der Waals surface area contributed by atoms with E-state index in [1.165, 1.54) is 0 Å². The molecule has 2 atom stereocenters. The third kappa shape index (κ3) is 3.63. The summed E-state index contributed by atoms with van der Waals surface area (Å²) in [5.74, 6) is 3.88. The molecule has 1 aliphatic rings. The van der Waals surface area contributed by atoms with Crippen molar-refractivity contribution in [3.63, 3.8) is 0 Å². The van der Waals surface area contributed by atoms with E-state index >= 15 is 0 Å². The van der Waals surface area contributed by atoms with Crippen molar-refractivity contribution in [2.45, 2.75) is 18.6 Å². The number of methoxy groups -OCH3 is 2. The second-order valence-electron chi connectivity index (χ2n) is 4.31. The van der Waals surface area contributed by atoms with Crippen LogP contribution in [-0.2, 0) is 9.47 Å². The SMILES string of the molecule is C#CCOC(CC1CO1)c1ccc(OC)c(OC)c1. The van der Waals surface area contributed by atoms with Gasteiger partial charge in [-0.3, -0.25) is 0 Å². The summed E-state index contributed by atoms with van der Waals surface area (Å²) in [7, 11) is 3.23. The fraction of sp³-hybridized carbons (Fsp3) is 0.467. The van der Waals surface area contributed by atoms with Gasteiger partial charge in [-0.25, -0.2) is 0 Å². The highest BCUT2D eigenvalue weighted by atomic mass is 16.6. The maximum atomic E-state index is 5.69. The molecule has 0 aromatic heterocycles. The van der Waals surface area contributed by atoms with E-state index in [9.17, 15) is 0 Å². The number of hydrogen-bond donors (Lipinski definition) is 0. The van der Waals surface area contributed by atoms with Crippen LogP contribution < -0.4 is 9.47 Å². The van der Waals surface area contributed by atoms with Gasteiger partial charge in [0.15, 0.2) is 11.5 Å². The standard InChI is InChI=1S/C15H18O4/c1-4-7-18-14(9-12-10-19-12)11-5-6-13(16-2)15(8-11)17-3/h1,5-6,8,12,14H,7,9-10H2,2-3H3. The van der Waals surface area contributed by atoms with Crippen LogP contribution in [0.25, 0.3) is 0 Å². The minimum Gasteiger partial charge on any atom is -0.493 e. The molecule has 4 heteroatoms. The van der Waals surface area contributed by atoms with Gasteiger partial charge in [-0.05, 0) is 17.7 Å². The summed E-state index contributed by atoms with van der Waals surface area (Å²) >= 11 is 0. The lowest BCUT2D eigenvalue weighted by atomic mass is 10.0. The van der Waals surface area contributed by atoms with Crippen molar-refractivity contribution in [1.82, 2.24) is 0 Å². The topological polar surface area (TPSA) is 40.2 Å². The van der Waals surface area contributed by atoms with Crippen LogP contribution in [0, 0.1) is 12.3 Å². The molecule has 2 rings (SSSR count). The van der Waals surface area contributed by atoms with E-state index in [4.69, 9.17) is 25.4 Å². The third-order valence-electron chi connectivity index (χ3n) is 3.03. The van der Waals surface area contributed by atoms with Gasteiger partial charge in [0.2, 0.25) is 0 Å². The number of benzene rings is 1. The first-order valence-corrected chi connectivity index (χ1v) is 6.17. The Morgan fingerprint density at radius 3 is 2.68 bits per heavy atom. The molecule has 0 radical (unpaired) electrons. The Hall–Kier alpha value is -1.70.